The molecule has 0 saturated carbocycles. The molecule has 0 aromatic heterocycles. The van der Waals surface area contributed by atoms with Crippen molar-refractivity contribution >= 4 is 48.7 Å². The molecule has 104 valence electrons. The van der Waals surface area contributed by atoms with E-state index in [2.05, 4.69) is 29.4 Å². The second kappa shape index (κ2) is 5.08. The third-order valence-corrected chi connectivity index (χ3v) is 6.32. The molecule has 2 rings (SSSR count). The van der Waals surface area contributed by atoms with Gasteiger partial charge in [-0.2, -0.15) is 8.73 Å². The molecule has 0 spiro atoms. The molecular weight excluding hydrogens is 350 g/mol. The predicted molar refractivity (Wildman–Crippen MR) is 80.8 cm³/mol. The molecule has 1 aromatic rings. The van der Waals surface area contributed by atoms with Crippen molar-refractivity contribution in [3.8, 4) is 0 Å². The van der Waals surface area contributed by atoms with E-state index in [0.717, 1.165) is 11.4 Å². The highest BCUT2D eigenvalue weighted by molar-refractivity contribution is 9.09. The number of alkyl halides is 1. The summed E-state index contributed by atoms with van der Waals surface area (Å²) in [5.41, 5.74) is 0.403. The molecule has 5 nitrogen and oxygen atoms in total. The van der Waals surface area contributed by atoms with Crippen LogP contribution >= 0.6 is 15.9 Å². The summed E-state index contributed by atoms with van der Waals surface area (Å²) in [6.07, 6.45) is 0. The molecule has 1 heterocycles. The van der Waals surface area contributed by atoms with E-state index < -0.39 is 15.6 Å². The Labute approximate surface area is 124 Å². The highest BCUT2D eigenvalue weighted by atomic mass is 79.9. The fourth-order valence-corrected chi connectivity index (χ4v) is 4.00. The average Bonchev–Trinajstić information content (AvgIpc) is 2.74. The van der Waals surface area contributed by atoms with Crippen LogP contribution in [-0.2, 0) is 21.4 Å². The van der Waals surface area contributed by atoms with E-state index in [0.29, 0.717) is 11.4 Å². The topological polar surface area (TPSA) is 70.9 Å². The number of benzene rings is 1. The smallest absolute Gasteiger partial charge is 0.207 e. The highest BCUT2D eigenvalue weighted by Gasteiger charge is 2.32. The second-order valence-electron chi connectivity index (χ2n) is 4.83. The molecule has 0 saturated heterocycles. The number of sulfonamides is 1. The maximum atomic E-state index is 12.5. The molecule has 0 amide bonds. The molecule has 1 aliphatic rings. The van der Waals surface area contributed by atoms with Gasteiger partial charge in [0, 0.05) is 10.4 Å². The van der Waals surface area contributed by atoms with Crippen LogP contribution in [0.3, 0.4) is 0 Å². The molecule has 1 aliphatic heterocycles. The van der Waals surface area contributed by atoms with Crippen LogP contribution in [0.2, 0.25) is 0 Å². The van der Waals surface area contributed by atoms with Crippen molar-refractivity contribution in [3.63, 3.8) is 0 Å². The summed E-state index contributed by atoms with van der Waals surface area (Å²) in [5.74, 6) is 0. The van der Waals surface area contributed by atoms with Gasteiger partial charge in [0.2, 0.25) is 10.0 Å². The minimum atomic E-state index is -3.64. The Morgan fingerprint density at radius 1 is 1.37 bits per heavy atom. The Kier molecular flexibility index (Phi) is 3.97. The van der Waals surface area contributed by atoms with E-state index in [1.165, 1.54) is 0 Å². The number of rotatable bonds is 4. The van der Waals surface area contributed by atoms with E-state index in [4.69, 9.17) is 0 Å². The largest absolute Gasteiger partial charge is 0.243 e. The predicted octanol–water partition coefficient (Wildman–Crippen LogP) is 3.25. The SMILES string of the molecule is CC(Br)C(C)(C)NS(=O)(=O)c1cccc2c1N=S=N2. The monoisotopic (exact) mass is 363 g/mol. The number of nitrogens with zero attached hydrogens (tertiary/aromatic N) is 2. The lowest BCUT2D eigenvalue weighted by Gasteiger charge is -2.29. The summed E-state index contributed by atoms with van der Waals surface area (Å²) in [6, 6.07) is 4.96. The van der Waals surface area contributed by atoms with Crippen LogP contribution in [0.1, 0.15) is 20.8 Å². The number of halogens is 1. The third kappa shape index (κ3) is 2.96. The standard InChI is InChI=1S/C11H14BrN3O2S2/c1-7(12)11(2,3)15-19(16,17)9-6-4-5-8-10(9)14-18-13-8/h4-7,15H,1-3H3. The van der Waals surface area contributed by atoms with Gasteiger partial charge in [-0.1, -0.05) is 28.9 Å². The van der Waals surface area contributed by atoms with Crippen LogP contribution in [0.25, 0.3) is 0 Å². The zero-order chi connectivity index (χ0) is 14.3. The molecule has 1 aromatic carbocycles. The van der Waals surface area contributed by atoms with Gasteiger partial charge in [0.05, 0.1) is 11.4 Å². The zero-order valence-electron chi connectivity index (χ0n) is 10.7. The minimum Gasteiger partial charge on any atom is -0.207 e. The summed E-state index contributed by atoms with van der Waals surface area (Å²) in [6.45, 7) is 5.54. The molecular formula is C11H14BrN3O2S2. The lowest BCUT2D eigenvalue weighted by Crippen LogP contribution is -2.48. The maximum absolute atomic E-state index is 12.5. The van der Waals surface area contributed by atoms with Crippen LogP contribution in [0.5, 0.6) is 0 Å². The summed E-state index contributed by atoms with van der Waals surface area (Å²) in [5, 5.41) is 0. The minimum absolute atomic E-state index is 0.0115. The molecule has 0 aliphatic carbocycles. The normalized spacial score (nSPS) is 16.0. The number of hydrogen-bond donors (Lipinski definition) is 1. The maximum Gasteiger partial charge on any atom is 0.243 e. The van der Waals surface area contributed by atoms with Gasteiger partial charge in [-0.15, -0.1) is 0 Å². The van der Waals surface area contributed by atoms with E-state index in [1.807, 2.05) is 20.8 Å². The fraction of sp³-hybridized carbons (Fsp3) is 0.455. The summed E-state index contributed by atoms with van der Waals surface area (Å²) >= 11 is 4.42. The Bertz CT molecular complexity index is 677. The summed E-state index contributed by atoms with van der Waals surface area (Å²) < 4.78 is 35.7. The van der Waals surface area contributed by atoms with Gasteiger partial charge in [-0.25, -0.2) is 13.1 Å². The first-order valence-corrected chi connectivity index (χ1v) is 8.76. The number of fused-ring (bicyclic) bond motifs is 1. The molecule has 1 N–H and O–H groups in total. The Morgan fingerprint density at radius 2 is 2.05 bits per heavy atom. The molecule has 8 heteroatoms. The van der Waals surface area contributed by atoms with Crippen molar-refractivity contribution in [3.05, 3.63) is 18.2 Å². The molecule has 0 radical (unpaired) electrons. The molecule has 0 fully saturated rings. The van der Waals surface area contributed by atoms with E-state index in [9.17, 15) is 8.42 Å². The summed E-state index contributed by atoms with van der Waals surface area (Å²) in [7, 11) is -3.64. The van der Waals surface area contributed by atoms with Crippen LogP contribution < -0.4 is 4.72 Å². The van der Waals surface area contributed by atoms with Crippen LogP contribution in [0.4, 0.5) is 11.4 Å². The first-order chi connectivity index (χ1) is 8.74. The average molecular weight is 364 g/mol. The molecule has 0 bridgehead atoms. The fourth-order valence-electron chi connectivity index (χ4n) is 1.48. The zero-order valence-corrected chi connectivity index (χ0v) is 13.9. The lowest BCUT2D eigenvalue weighted by molar-refractivity contribution is 0.454. The third-order valence-electron chi connectivity index (χ3n) is 2.93. The Balaban J connectivity index is 2.43. The van der Waals surface area contributed by atoms with Crippen LogP contribution in [0.15, 0.2) is 31.8 Å². The van der Waals surface area contributed by atoms with Gasteiger partial charge < -0.3 is 0 Å². The van der Waals surface area contributed by atoms with Crippen molar-refractivity contribution in [1.29, 1.82) is 0 Å². The van der Waals surface area contributed by atoms with Crippen molar-refractivity contribution < 1.29 is 8.42 Å². The first kappa shape index (κ1) is 14.8. The van der Waals surface area contributed by atoms with Gasteiger partial charge in [-0.05, 0) is 26.0 Å². The summed E-state index contributed by atoms with van der Waals surface area (Å²) in [4.78, 5) is 0.155. The van der Waals surface area contributed by atoms with E-state index >= 15 is 0 Å². The first-order valence-electron chi connectivity index (χ1n) is 5.63. The molecule has 1 unspecified atom stereocenters. The van der Waals surface area contributed by atoms with Crippen molar-refractivity contribution in [1.82, 2.24) is 4.72 Å². The van der Waals surface area contributed by atoms with Crippen molar-refractivity contribution in [2.45, 2.75) is 36.0 Å². The quantitative estimate of drug-likeness (QED) is 0.846. The van der Waals surface area contributed by atoms with Gasteiger partial charge in [-0.3, -0.25) is 0 Å². The van der Waals surface area contributed by atoms with Crippen molar-refractivity contribution in [2.75, 3.05) is 0 Å². The van der Waals surface area contributed by atoms with E-state index in [-0.39, 0.29) is 9.72 Å². The highest BCUT2D eigenvalue weighted by Crippen LogP contribution is 2.37. The number of nitrogens with one attached hydrogen (secondary N) is 1. The lowest BCUT2D eigenvalue weighted by atomic mass is 10.0. The van der Waals surface area contributed by atoms with Gasteiger partial charge >= 0.3 is 0 Å². The second-order valence-corrected chi connectivity index (χ2v) is 8.38. The van der Waals surface area contributed by atoms with Gasteiger partial charge in [0.1, 0.15) is 16.3 Å². The van der Waals surface area contributed by atoms with Crippen LogP contribution in [-0.4, -0.2) is 18.8 Å². The van der Waals surface area contributed by atoms with Crippen LogP contribution in [0, 0.1) is 0 Å². The van der Waals surface area contributed by atoms with Gasteiger partial charge in [0.25, 0.3) is 0 Å². The Morgan fingerprint density at radius 3 is 2.68 bits per heavy atom. The van der Waals surface area contributed by atoms with E-state index in [1.54, 1.807) is 18.2 Å². The van der Waals surface area contributed by atoms with Crippen molar-refractivity contribution in [2.24, 2.45) is 8.73 Å². The Hall–Kier alpha value is -0.570. The number of hydrogen-bond acceptors (Lipinski definition) is 4. The molecule has 19 heavy (non-hydrogen) atoms. The van der Waals surface area contributed by atoms with Gasteiger partial charge in [0.15, 0.2) is 0 Å². The molecule has 1 atom stereocenters.